The maximum atomic E-state index is 13.2. The zero-order valence-corrected chi connectivity index (χ0v) is 18.7. The summed E-state index contributed by atoms with van der Waals surface area (Å²) < 4.78 is 8.15. The van der Waals surface area contributed by atoms with E-state index in [0.717, 1.165) is 21.1 Å². The molecule has 4 rings (SSSR count). The molecule has 1 N–H and O–H groups in total. The van der Waals surface area contributed by atoms with Gasteiger partial charge in [0.05, 0.1) is 4.91 Å². The Hall–Kier alpha value is -3.02. The summed E-state index contributed by atoms with van der Waals surface area (Å²) in [5.74, 6) is -1.32. The molecule has 31 heavy (non-hydrogen) atoms. The highest BCUT2D eigenvalue weighted by molar-refractivity contribution is 9.10. The van der Waals surface area contributed by atoms with Crippen LogP contribution < -0.4 is 10.3 Å². The number of hydrogen-bond acceptors (Lipinski definition) is 7. The molecular weight excluding hydrogens is 506 g/mol. The number of benzene rings is 1. The van der Waals surface area contributed by atoms with Gasteiger partial charge in [-0.15, -0.1) is 0 Å². The van der Waals surface area contributed by atoms with Crippen molar-refractivity contribution in [3.63, 3.8) is 0 Å². The number of carboxylic acid groups (broad SMARTS) is 1. The van der Waals surface area contributed by atoms with Crippen molar-refractivity contribution in [1.82, 2.24) is 14.3 Å². The number of aliphatic carboxylic acids is 1. The molecule has 1 amide bonds. The molecule has 8 nitrogen and oxygen atoms in total. The number of hydrogen-bond donors (Lipinski definition) is 1. The summed E-state index contributed by atoms with van der Waals surface area (Å²) in [4.78, 5) is 42.3. The Kier molecular flexibility index (Phi) is 5.90. The van der Waals surface area contributed by atoms with Gasteiger partial charge in [0.2, 0.25) is 5.88 Å². The summed E-state index contributed by atoms with van der Waals surface area (Å²) in [6, 6.07) is 12.0. The van der Waals surface area contributed by atoms with Gasteiger partial charge in [-0.2, -0.15) is 4.98 Å². The minimum atomic E-state index is -1.19. The van der Waals surface area contributed by atoms with Gasteiger partial charge in [-0.25, -0.2) is 0 Å². The number of nitrogens with zero attached hydrogens (tertiary/aromatic N) is 3. The minimum Gasteiger partial charge on any atom is -0.480 e. The van der Waals surface area contributed by atoms with Crippen molar-refractivity contribution in [2.45, 2.75) is 0 Å². The average Bonchev–Trinajstić information content (AvgIpc) is 2.99. The molecule has 1 aromatic carbocycles. The molecule has 2 aromatic heterocycles. The molecular formula is C20H12BrN3O5S2. The lowest BCUT2D eigenvalue weighted by Crippen LogP contribution is -2.33. The predicted molar refractivity (Wildman–Crippen MR) is 123 cm³/mol. The number of ether oxygens (including phenoxy) is 1. The van der Waals surface area contributed by atoms with E-state index in [1.165, 1.54) is 10.5 Å². The minimum absolute atomic E-state index is 0.0158. The zero-order valence-electron chi connectivity index (χ0n) is 15.5. The summed E-state index contributed by atoms with van der Waals surface area (Å²) in [7, 11) is 0. The van der Waals surface area contributed by atoms with Crippen LogP contribution >= 0.6 is 39.9 Å². The Bertz CT molecular complexity index is 1320. The molecule has 0 bridgehead atoms. The SMILES string of the molecule is O=C(O)CN1C(=O)C(=Cc2c(Oc3ccc(Br)cc3)nc3ccccn3c2=O)SC1=S. The third-order valence-electron chi connectivity index (χ3n) is 4.20. The van der Waals surface area contributed by atoms with Crippen LogP contribution in [0.15, 0.2) is 62.8 Å². The van der Waals surface area contributed by atoms with Crippen molar-refractivity contribution in [1.29, 1.82) is 0 Å². The van der Waals surface area contributed by atoms with E-state index in [4.69, 9.17) is 22.1 Å². The number of halogens is 1. The number of carboxylic acids is 1. The molecule has 11 heteroatoms. The van der Waals surface area contributed by atoms with Gasteiger partial charge in [-0.05, 0) is 42.5 Å². The highest BCUT2D eigenvalue weighted by Crippen LogP contribution is 2.34. The highest BCUT2D eigenvalue weighted by Gasteiger charge is 2.34. The van der Waals surface area contributed by atoms with Crippen LogP contribution in [0.3, 0.4) is 0 Å². The monoisotopic (exact) mass is 517 g/mol. The molecule has 156 valence electrons. The number of pyridine rings is 1. The number of rotatable bonds is 5. The number of carbonyl (C=O) groups is 2. The smallest absolute Gasteiger partial charge is 0.323 e. The lowest BCUT2D eigenvalue weighted by atomic mass is 10.2. The van der Waals surface area contributed by atoms with E-state index in [1.807, 2.05) is 0 Å². The number of amides is 1. The predicted octanol–water partition coefficient (Wildman–Crippen LogP) is 3.54. The van der Waals surface area contributed by atoms with Gasteiger partial charge >= 0.3 is 5.97 Å². The van der Waals surface area contributed by atoms with Crippen molar-refractivity contribution >= 4 is 67.8 Å². The quantitative estimate of drug-likeness (QED) is 0.405. The van der Waals surface area contributed by atoms with Crippen molar-refractivity contribution in [3.05, 3.63) is 74.0 Å². The van der Waals surface area contributed by atoms with E-state index in [2.05, 4.69) is 20.9 Å². The van der Waals surface area contributed by atoms with E-state index in [1.54, 1.807) is 48.7 Å². The summed E-state index contributed by atoms with van der Waals surface area (Å²) >= 11 is 9.39. The fourth-order valence-corrected chi connectivity index (χ4v) is 4.30. The van der Waals surface area contributed by atoms with Crippen LogP contribution in [0.2, 0.25) is 0 Å². The second-order valence-electron chi connectivity index (χ2n) is 6.28. The lowest BCUT2D eigenvalue weighted by molar-refractivity contribution is -0.140. The Balaban J connectivity index is 1.83. The maximum Gasteiger partial charge on any atom is 0.323 e. The number of thiocarbonyl (C=S) groups is 1. The van der Waals surface area contributed by atoms with Crippen LogP contribution in [0.25, 0.3) is 11.7 Å². The summed E-state index contributed by atoms with van der Waals surface area (Å²) in [6.45, 7) is -0.556. The Morgan fingerprint density at radius 1 is 1.23 bits per heavy atom. The fraction of sp³-hybridized carbons (Fsp3) is 0.0500. The zero-order chi connectivity index (χ0) is 22.1. The molecule has 0 radical (unpaired) electrons. The Morgan fingerprint density at radius 3 is 2.68 bits per heavy atom. The van der Waals surface area contributed by atoms with Crippen LogP contribution in [0.5, 0.6) is 11.6 Å². The van der Waals surface area contributed by atoms with Crippen LogP contribution in [0, 0.1) is 0 Å². The standard InChI is InChI=1S/C20H12BrN3O5S2/c21-11-4-6-12(7-5-11)29-17-13(18(27)23-8-2-1-3-15(23)22-17)9-14-19(28)24(10-16(25)26)20(30)31-14/h1-9H,10H2,(H,25,26). The number of fused-ring (bicyclic) bond motifs is 1. The van der Waals surface area contributed by atoms with E-state index in [0.29, 0.717) is 11.4 Å². The molecule has 1 aliphatic heterocycles. The first-order valence-electron chi connectivity index (χ1n) is 8.75. The van der Waals surface area contributed by atoms with Gasteiger partial charge in [0.25, 0.3) is 11.5 Å². The summed E-state index contributed by atoms with van der Waals surface area (Å²) in [6.07, 6.45) is 2.89. The average molecular weight is 518 g/mol. The van der Waals surface area contributed by atoms with E-state index in [9.17, 15) is 14.4 Å². The first-order chi connectivity index (χ1) is 14.8. The molecule has 0 unspecified atom stereocenters. The van der Waals surface area contributed by atoms with E-state index < -0.39 is 24.0 Å². The third kappa shape index (κ3) is 4.38. The van der Waals surface area contributed by atoms with Gasteiger partial charge in [0.15, 0.2) is 0 Å². The molecule has 0 spiro atoms. The summed E-state index contributed by atoms with van der Waals surface area (Å²) in [5, 5.41) is 9.01. The molecule has 3 aromatic rings. The van der Waals surface area contributed by atoms with Gasteiger partial charge < -0.3 is 9.84 Å². The Labute approximate surface area is 193 Å². The van der Waals surface area contributed by atoms with E-state index in [-0.39, 0.29) is 20.7 Å². The number of thioether (sulfide) groups is 1. The van der Waals surface area contributed by atoms with Gasteiger partial charge in [-0.1, -0.05) is 46.0 Å². The lowest BCUT2D eigenvalue weighted by Gasteiger charge is -2.11. The van der Waals surface area contributed by atoms with Gasteiger partial charge in [-0.3, -0.25) is 23.7 Å². The number of carbonyl (C=O) groups excluding carboxylic acids is 1. The van der Waals surface area contributed by atoms with Crippen LogP contribution in [-0.2, 0) is 9.59 Å². The summed E-state index contributed by atoms with van der Waals surface area (Å²) in [5.41, 5.74) is -0.0288. The number of aromatic nitrogens is 2. The van der Waals surface area contributed by atoms with Crippen molar-refractivity contribution < 1.29 is 19.4 Å². The van der Waals surface area contributed by atoms with E-state index >= 15 is 0 Å². The highest BCUT2D eigenvalue weighted by atomic mass is 79.9. The second kappa shape index (κ2) is 8.61. The first kappa shape index (κ1) is 21.2. The Morgan fingerprint density at radius 2 is 1.97 bits per heavy atom. The normalized spacial score (nSPS) is 15.1. The van der Waals surface area contributed by atoms with Crippen molar-refractivity contribution in [2.24, 2.45) is 0 Å². The van der Waals surface area contributed by atoms with Crippen molar-refractivity contribution in [3.8, 4) is 11.6 Å². The molecule has 1 aliphatic rings. The third-order valence-corrected chi connectivity index (χ3v) is 6.11. The molecule has 0 saturated carbocycles. The molecule has 0 aliphatic carbocycles. The van der Waals surface area contributed by atoms with Crippen LogP contribution in [-0.4, -0.2) is 42.1 Å². The molecule has 3 heterocycles. The van der Waals surface area contributed by atoms with Crippen molar-refractivity contribution in [2.75, 3.05) is 6.54 Å². The first-order valence-corrected chi connectivity index (χ1v) is 10.8. The molecule has 1 saturated heterocycles. The topological polar surface area (TPSA) is 101 Å². The maximum absolute atomic E-state index is 13.2. The second-order valence-corrected chi connectivity index (χ2v) is 8.87. The van der Waals surface area contributed by atoms with Gasteiger partial charge in [0.1, 0.15) is 27.8 Å². The fourth-order valence-electron chi connectivity index (χ4n) is 2.80. The van der Waals surface area contributed by atoms with Crippen LogP contribution in [0.1, 0.15) is 5.56 Å². The molecule has 1 fully saturated rings. The van der Waals surface area contributed by atoms with Gasteiger partial charge in [0, 0.05) is 10.7 Å². The molecule has 0 atom stereocenters. The largest absolute Gasteiger partial charge is 0.480 e. The van der Waals surface area contributed by atoms with Crippen LogP contribution in [0.4, 0.5) is 0 Å².